The topological polar surface area (TPSA) is 92.7 Å². The number of thiophene rings is 1. The third-order valence-corrected chi connectivity index (χ3v) is 7.27. The Morgan fingerprint density at radius 2 is 1.80 bits per heavy atom. The molecule has 2 aliphatic rings. The summed E-state index contributed by atoms with van der Waals surface area (Å²) in [7, 11) is 0. The number of fused-ring (bicyclic) bond motifs is 2. The van der Waals surface area contributed by atoms with E-state index in [1.54, 1.807) is 6.92 Å². The highest BCUT2D eigenvalue weighted by Crippen LogP contribution is 2.53. The van der Waals surface area contributed by atoms with Crippen molar-refractivity contribution in [2.24, 2.45) is 23.7 Å². The molecule has 0 saturated heterocycles. The Balaban J connectivity index is 1.65. The first-order valence-corrected chi connectivity index (χ1v) is 11.2. The van der Waals surface area contributed by atoms with Gasteiger partial charge in [-0.15, -0.1) is 11.3 Å². The van der Waals surface area contributed by atoms with Gasteiger partial charge >= 0.3 is 11.9 Å². The number of aryl methyl sites for hydroxylation is 1. The molecule has 0 unspecified atom stereocenters. The van der Waals surface area contributed by atoms with E-state index in [1.807, 2.05) is 36.6 Å². The first-order chi connectivity index (χ1) is 14.4. The van der Waals surface area contributed by atoms with Crippen molar-refractivity contribution in [3.05, 3.63) is 40.8 Å². The fraction of sp³-hybridized carbons (Fsp3) is 0.435. The van der Waals surface area contributed by atoms with Gasteiger partial charge in [-0.1, -0.05) is 29.8 Å². The molecule has 0 radical (unpaired) electrons. The number of esters is 1. The zero-order valence-electron chi connectivity index (χ0n) is 17.0. The Hall–Kier alpha value is -2.67. The van der Waals surface area contributed by atoms with Gasteiger partial charge < -0.3 is 15.2 Å². The molecule has 2 aromatic rings. The van der Waals surface area contributed by atoms with Crippen molar-refractivity contribution in [3.63, 3.8) is 0 Å². The zero-order valence-corrected chi connectivity index (χ0v) is 17.8. The van der Waals surface area contributed by atoms with Crippen molar-refractivity contribution in [1.82, 2.24) is 0 Å². The third kappa shape index (κ3) is 3.62. The predicted octanol–water partition coefficient (Wildman–Crippen LogP) is 4.59. The van der Waals surface area contributed by atoms with Crippen molar-refractivity contribution >= 4 is 34.2 Å². The minimum atomic E-state index is -0.903. The summed E-state index contributed by atoms with van der Waals surface area (Å²) in [4.78, 5) is 37.6. The van der Waals surface area contributed by atoms with E-state index in [0.29, 0.717) is 16.1 Å². The van der Waals surface area contributed by atoms with Crippen molar-refractivity contribution < 1.29 is 24.2 Å². The summed E-state index contributed by atoms with van der Waals surface area (Å²) in [5.74, 6) is -2.74. The van der Waals surface area contributed by atoms with Crippen LogP contribution in [0.5, 0.6) is 0 Å². The predicted molar refractivity (Wildman–Crippen MR) is 115 cm³/mol. The first-order valence-electron chi connectivity index (χ1n) is 10.3. The fourth-order valence-electron chi connectivity index (χ4n) is 5.02. The smallest absolute Gasteiger partial charge is 0.341 e. The maximum atomic E-state index is 13.1. The van der Waals surface area contributed by atoms with Crippen LogP contribution in [0.3, 0.4) is 0 Å². The Bertz CT molecular complexity index is 980. The molecule has 0 aliphatic heterocycles. The Morgan fingerprint density at radius 3 is 2.43 bits per heavy atom. The van der Waals surface area contributed by atoms with Crippen LogP contribution in [0.25, 0.3) is 11.1 Å². The molecule has 1 aromatic carbocycles. The number of hydrogen-bond acceptors (Lipinski definition) is 5. The summed E-state index contributed by atoms with van der Waals surface area (Å²) in [6.07, 6.45) is 2.55. The third-order valence-electron chi connectivity index (χ3n) is 6.37. The molecule has 6 nitrogen and oxygen atoms in total. The fourth-order valence-corrected chi connectivity index (χ4v) is 5.98. The van der Waals surface area contributed by atoms with E-state index in [1.165, 1.54) is 11.3 Å². The number of rotatable bonds is 6. The van der Waals surface area contributed by atoms with Gasteiger partial charge in [-0.3, -0.25) is 9.59 Å². The monoisotopic (exact) mass is 427 g/mol. The van der Waals surface area contributed by atoms with Crippen LogP contribution < -0.4 is 5.32 Å². The largest absolute Gasteiger partial charge is 0.481 e. The minimum absolute atomic E-state index is 0.0687. The summed E-state index contributed by atoms with van der Waals surface area (Å²) >= 11 is 1.27. The lowest BCUT2D eigenvalue weighted by Gasteiger charge is -2.27. The Kier molecular flexibility index (Phi) is 5.64. The summed E-state index contributed by atoms with van der Waals surface area (Å²) in [6.45, 7) is 3.95. The van der Waals surface area contributed by atoms with E-state index in [4.69, 9.17) is 4.74 Å². The van der Waals surface area contributed by atoms with Gasteiger partial charge in [-0.25, -0.2) is 4.79 Å². The SMILES string of the molecule is CCOC(=O)c1c(-c2ccc(C)cc2)csc1NC(=O)[C@@H]1[C@@H]2CC[C@@H](C2)[C@@H]1C(=O)O. The number of carbonyl (C=O) groups is 3. The molecule has 2 N–H and O–H groups in total. The minimum Gasteiger partial charge on any atom is -0.481 e. The van der Waals surface area contributed by atoms with Crippen molar-refractivity contribution in [3.8, 4) is 11.1 Å². The van der Waals surface area contributed by atoms with Crippen LogP contribution in [0.1, 0.15) is 42.1 Å². The molecule has 2 bridgehead atoms. The number of amides is 1. The number of aliphatic carboxylic acids is 1. The molecule has 158 valence electrons. The van der Waals surface area contributed by atoms with Crippen LogP contribution in [0.2, 0.25) is 0 Å². The van der Waals surface area contributed by atoms with E-state index in [-0.39, 0.29) is 24.3 Å². The number of hydrogen-bond donors (Lipinski definition) is 2. The van der Waals surface area contributed by atoms with E-state index < -0.39 is 23.8 Å². The average molecular weight is 428 g/mol. The standard InChI is InChI=1S/C23H25NO5S/c1-3-29-23(28)19-16(13-6-4-12(2)5-7-13)11-30-21(19)24-20(25)17-14-8-9-15(10-14)18(17)22(26)27/h4-7,11,14-15,17-18H,3,8-10H2,1-2H3,(H,24,25)(H,26,27)/t14-,15+,17-,18+/m1/s1. The highest BCUT2D eigenvalue weighted by molar-refractivity contribution is 7.15. The van der Waals surface area contributed by atoms with Gasteiger partial charge in [0.1, 0.15) is 10.6 Å². The van der Waals surface area contributed by atoms with E-state index in [9.17, 15) is 19.5 Å². The summed E-state index contributed by atoms with van der Waals surface area (Å²) < 4.78 is 5.25. The van der Waals surface area contributed by atoms with Crippen LogP contribution in [-0.2, 0) is 14.3 Å². The van der Waals surface area contributed by atoms with Crippen molar-refractivity contribution in [1.29, 1.82) is 0 Å². The first kappa shape index (κ1) is 20.6. The number of benzene rings is 1. The van der Waals surface area contributed by atoms with Crippen LogP contribution in [0.4, 0.5) is 5.00 Å². The molecule has 7 heteroatoms. The lowest BCUT2D eigenvalue weighted by Crippen LogP contribution is -2.37. The average Bonchev–Trinajstić information content (AvgIpc) is 3.42. The summed E-state index contributed by atoms with van der Waals surface area (Å²) in [6, 6.07) is 7.80. The van der Waals surface area contributed by atoms with Gasteiger partial charge in [-0.2, -0.15) is 0 Å². The van der Waals surface area contributed by atoms with Crippen molar-refractivity contribution in [2.75, 3.05) is 11.9 Å². The van der Waals surface area contributed by atoms with Crippen LogP contribution in [-0.4, -0.2) is 29.6 Å². The summed E-state index contributed by atoms with van der Waals surface area (Å²) in [5, 5.41) is 14.8. The maximum Gasteiger partial charge on any atom is 0.341 e. The van der Waals surface area contributed by atoms with Crippen LogP contribution in [0, 0.1) is 30.6 Å². The van der Waals surface area contributed by atoms with Crippen LogP contribution >= 0.6 is 11.3 Å². The van der Waals surface area contributed by atoms with Gasteiger partial charge in [0.05, 0.1) is 18.4 Å². The van der Waals surface area contributed by atoms with E-state index in [0.717, 1.165) is 30.4 Å². The second-order valence-electron chi connectivity index (χ2n) is 8.15. The van der Waals surface area contributed by atoms with Gasteiger partial charge in [0.2, 0.25) is 5.91 Å². The molecule has 2 aliphatic carbocycles. The van der Waals surface area contributed by atoms with Crippen molar-refractivity contribution in [2.45, 2.75) is 33.1 Å². The number of carboxylic acids is 1. The highest BCUT2D eigenvalue weighted by atomic mass is 32.1. The molecular formula is C23H25NO5S. The molecule has 4 rings (SSSR count). The van der Waals surface area contributed by atoms with Gasteiger partial charge in [0.25, 0.3) is 0 Å². The van der Waals surface area contributed by atoms with Gasteiger partial charge in [-0.05, 0) is 50.5 Å². The normalized spacial score (nSPS) is 24.6. The van der Waals surface area contributed by atoms with E-state index >= 15 is 0 Å². The number of nitrogens with one attached hydrogen (secondary N) is 1. The lowest BCUT2D eigenvalue weighted by molar-refractivity contribution is -0.148. The molecule has 4 atom stereocenters. The number of ether oxygens (including phenoxy) is 1. The van der Waals surface area contributed by atoms with E-state index in [2.05, 4.69) is 5.32 Å². The Morgan fingerprint density at radius 1 is 1.13 bits per heavy atom. The molecule has 2 saturated carbocycles. The molecule has 30 heavy (non-hydrogen) atoms. The quantitative estimate of drug-likeness (QED) is 0.658. The molecule has 2 fully saturated rings. The Labute approximate surface area is 179 Å². The zero-order chi connectivity index (χ0) is 21.4. The number of carboxylic acid groups (broad SMARTS) is 1. The van der Waals surface area contributed by atoms with Gasteiger partial charge in [0, 0.05) is 10.9 Å². The highest BCUT2D eigenvalue weighted by Gasteiger charge is 2.54. The van der Waals surface area contributed by atoms with Crippen LogP contribution in [0.15, 0.2) is 29.6 Å². The molecule has 1 aromatic heterocycles. The van der Waals surface area contributed by atoms with Gasteiger partial charge in [0.15, 0.2) is 0 Å². The second-order valence-corrected chi connectivity index (χ2v) is 9.03. The number of carbonyl (C=O) groups excluding carboxylic acids is 2. The molecule has 0 spiro atoms. The second kappa shape index (κ2) is 8.22. The molecular weight excluding hydrogens is 402 g/mol. The molecule has 1 heterocycles. The molecule has 1 amide bonds. The maximum absolute atomic E-state index is 13.1. The number of anilines is 1. The lowest BCUT2D eigenvalue weighted by atomic mass is 9.78. The summed E-state index contributed by atoms with van der Waals surface area (Å²) in [5.41, 5.74) is 3.01.